The highest BCUT2D eigenvalue weighted by Gasteiger charge is 2.16. The first-order chi connectivity index (χ1) is 17.3. The van der Waals surface area contributed by atoms with E-state index in [1.807, 2.05) is 30.3 Å². The van der Waals surface area contributed by atoms with Crippen molar-refractivity contribution in [1.82, 2.24) is 35.1 Å². The highest BCUT2D eigenvalue weighted by atomic mass is 32.2. The minimum Gasteiger partial charge on any atom is -0.353 e. The summed E-state index contributed by atoms with van der Waals surface area (Å²) in [6, 6.07) is 14.2. The van der Waals surface area contributed by atoms with Gasteiger partial charge in [-0.3, -0.25) is 15.2 Å². The van der Waals surface area contributed by atoms with Crippen molar-refractivity contribution in [2.45, 2.75) is 6.54 Å². The van der Waals surface area contributed by atoms with Crippen molar-refractivity contribution >= 4 is 31.8 Å². The highest BCUT2D eigenvalue weighted by Crippen LogP contribution is 2.35. The van der Waals surface area contributed by atoms with Crippen LogP contribution in [-0.2, 0) is 16.6 Å². The van der Waals surface area contributed by atoms with Crippen molar-refractivity contribution < 1.29 is 12.8 Å². The van der Waals surface area contributed by atoms with Gasteiger partial charge in [0.05, 0.1) is 35.6 Å². The molecule has 0 fully saturated rings. The minimum absolute atomic E-state index is 0.00421. The Morgan fingerprint density at radius 3 is 2.69 bits per heavy atom. The minimum atomic E-state index is -3.40. The molecule has 9 nitrogen and oxygen atoms in total. The van der Waals surface area contributed by atoms with E-state index in [1.54, 1.807) is 24.7 Å². The van der Waals surface area contributed by atoms with Gasteiger partial charge in [-0.15, -0.1) is 0 Å². The van der Waals surface area contributed by atoms with Gasteiger partial charge in [0, 0.05) is 34.6 Å². The summed E-state index contributed by atoms with van der Waals surface area (Å²) in [5.41, 5.74) is 6.82. The van der Waals surface area contributed by atoms with E-state index in [2.05, 4.69) is 35.1 Å². The molecule has 0 aliphatic rings. The van der Waals surface area contributed by atoms with Gasteiger partial charge < -0.3 is 4.98 Å². The summed E-state index contributed by atoms with van der Waals surface area (Å²) in [4.78, 5) is 7.90. The topological polar surface area (TPSA) is 132 Å². The van der Waals surface area contributed by atoms with Crippen molar-refractivity contribution in [3.05, 3.63) is 78.5 Å². The summed E-state index contributed by atoms with van der Waals surface area (Å²) < 4.78 is 39.9. The Morgan fingerprint density at radius 1 is 1.00 bits per heavy atom. The van der Waals surface area contributed by atoms with Crippen LogP contribution in [0.4, 0.5) is 4.39 Å². The number of rotatable bonds is 6. The Labute approximate surface area is 204 Å². The monoisotopic (exact) mass is 501 g/mol. The van der Waals surface area contributed by atoms with Crippen molar-refractivity contribution in [2.24, 2.45) is 0 Å². The van der Waals surface area contributed by atoms with E-state index in [-0.39, 0.29) is 6.54 Å². The molecular formula is C25H20FN7O2S. The van der Waals surface area contributed by atoms with Crippen molar-refractivity contribution in [3.63, 3.8) is 0 Å². The molecule has 0 spiro atoms. The van der Waals surface area contributed by atoms with Crippen LogP contribution in [0.3, 0.4) is 0 Å². The first kappa shape index (κ1) is 22.1. The largest absolute Gasteiger partial charge is 0.353 e. The summed E-state index contributed by atoms with van der Waals surface area (Å²) >= 11 is 0. The fraction of sp³-hybridized carbons (Fsp3) is 0.0800. The second-order valence-corrected chi connectivity index (χ2v) is 10.4. The first-order valence-corrected chi connectivity index (χ1v) is 12.9. The van der Waals surface area contributed by atoms with Gasteiger partial charge in [-0.1, -0.05) is 12.1 Å². The lowest BCUT2D eigenvalue weighted by molar-refractivity contribution is 0.586. The van der Waals surface area contributed by atoms with E-state index in [4.69, 9.17) is 0 Å². The molecular weight excluding hydrogens is 481 g/mol. The summed E-state index contributed by atoms with van der Waals surface area (Å²) in [5, 5.41) is 16.1. The zero-order valence-electron chi connectivity index (χ0n) is 19.0. The highest BCUT2D eigenvalue weighted by molar-refractivity contribution is 7.88. The lowest BCUT2D eigenvalue weighted by Gasteiger charge is -2.08. The zero-order chi connectivity index (χ0) is 24.9. The normalized spacial score (nSPS) is 12.1. The molecule has 0 aliphatic heterocycles. The maximum Gasteiger partial charge on any atom is 0.209 e. The number of halogens is 1. The van der Waals surface area contributed by atoms with E-state index >= 15 is 0 Å². The second kappa shape index (κ2) is 8.40. The molecule has 6 rings (SSSR count). The first-order valence-electron chi connectivity index (χ1n) is 11.0. The van der Waals surface area contributed by atoms with Crippen LogP contribution in [0.15, 0.2) is 67.1 Å². The van der Waals surface area contributed by atoms with Crippen LogP contribution in [0.1, 0.15) is 5.56 Å². The van der Waals surface area contributed by atoms with Gasteiger partial charge in [0.1, 0.15) is 11.5 Å². The van der Waals surface area contributed by atoms with E-state index < -0.39 is 15.8 Å². The number of sulfonamides is 1. The second-order valence-electron chi connectivity index (χ2n) is 8.57. The Bertz CT molecular complexity index is 1840. The average Bonchev–Trinajstić information content (AvgIpc) is 3.60. The number of benzene rings is 2. The summed E-state index contributed by atoms with van der Waals surface area (Å²) in [5.74, 6) is -0.442. The molecule has 0 radical (unpaired) electrons. The maximum absolute atomic E-state index is 14.5. The Hall–Kier alpha value is -4.35. The standard InChI is InChI=1S/C25H20FN7O2S/c1-36(34,35)30-10-14-5-15(7-17(26)6-14)18-3-2-4-21-19(18)8-23(31-21)25-20-9-22(16-11-28-29-12-16)27-13-24(20)32-33-25/h2-9,11-13,30-31H,10H2,1H3,(H,28,29)(H,32,33). The molecule has 0 bridgehead atoms. The average molecular weight is 502 g/mol. The molecule has 4 heterocycles. The van der Waals surface area contributed by atoms with E-state index in [0.717, 1.165) is 56.3 Å². The van der Waals surface area contributed by atoms with E-state index in [9.17, 15) is 12.8 Å². The number of H-pyrrole nitrogens is 3. The summed E-state index contributed by atoms with van der Waals surface area (Å²) in [7, 11) is -3.40. The van der Waals surface area contributed by atoms with Crippen LogP contribution in [0, 0.1) is 5.82 Å². The van der Waals surface area contributed by atoms with Gasteiger partial charge in [-0.2, -0.15) is 10.2 Å². The van der Waals surface area contributed by atoms with Crippen LogP contribution >= 0.6 is 0 Å². The number of nitrogens with one attached hydrogen (secondary N) is 4. The number of hydrogen-bond donors (Lipinski definition) is 4. The molecule has 6 aromatic rings. The predicted molar refractivity (Wildman–Crippen MR) is 136 cm³/mol. The Balaban J connectivity index is 1.44. The van der Waals surface area contributed by atoms with Crippen LogP contribution < -0.4 is 4.72 Å². The SMILES string of the molecule is CS(=O)(=O)NCc1cc(F)cc(-c2cccc3[nH]c(-c4n[nH]c5cnc(-c6cn[nH]c6)cc45)cc23)c1. The van der Waals surface area contributed by atoms with Gasteiger partial charge in [-0.05, 0) is 53.1 Å². The van der Waals surface area contributed by atoms with Crippen LogP contribution in [0.25, 0.3) is 55.6 Å². The fourth-order valence-corrected chi connectivity index (χ4v) is 4.76. The third kappa shape index (κ3) is 4.14. The number of aromatic amines is 3. The molecule has 4 N–H and O–H groups in total. The van der Waals surface area contributed by atoms with E-state index in [0.29, 0.717) is 11.1 Å². The predicted octanol–water partition coefficient (Wildman–Crippen LogP) is 4.35. The van der Waals surface area contributed by atoms with Crippen molar-refractivity contribution in [3.8, 4) is 33.8 Å². The molecule has 0 amide bonds. The van der Waals surface area contributed by atoms with Gasteiger partial charge in [0.2, 0.25) is 10.0 Å². The lowest BCUT2D eigenvalue weighted by Crippen LogP contribution is -2.21. The van der Waals surface area contributed by atoms with E-state index in [1.165, 1.54) is 12.1 Å². The zero-order valence-corrected chi connectivity index (χ0v) is 19.8. The third-order valence-corrected chi connectivity index (χ3v) is 6.64. The Kier molecular flexibility index (Phi) is 5.16. The molecule has 0 aliphatic carbocycles. The Morgan fingerprint density at radius 2 is 1.89 bits per heavy atom. The third-order valence-electron chi connectivity index (χ3n) is 5.97. The molecule has 0 saturated heterocycles. The molecule has 180 valence electrons. The van der Waals surface area contributed by atoms with Gasteiger partial charge >= 0.3 is 0 Å². The molecule has 0 saturated carbocycles. The van der Waals surface area contributed by atoms with Crippen LogP contribution in [-0.4, -0.2) is 45.0 Å². The van der Waals surface area contributed by atoms with Crippen LogP contribution in [0.5, 0.6) is 0 Å². The lowest BCUT2D eigenvalue weighted by atomic mass is 9.99. The number of hydrogen-bond acceptors (Lipinski definition) is 5. The maximum atomic E-state index is 14.5. The van der Waals surface area contributed by atoms with Gasteiger partial charge in [0.25, 0.3) is 0 Å². The molecule has 36 heavy (non-hydrogen) atoms. The van der Waals surface area contributed by atoms with Crippen LogP contribution in [0.2, 0.25) is 0 Å². The van der Waals surface area contributed by atoms with Crippen molar-refractivity contribution in [1.29, 1.82) is 0 Å². The summed E-state index contributed by atoms with van der Waals surface area (Å²) in [6.45, 7) is 0.00421. The molecule has 4 aromatic heterocycles. The number of fused-ring (bicyclic) bond motifs is 2. The molecule has 0 unspecified atom stereocenters. The molecule has 0 atom stereocenters. The van der Waals surface area contributed by atoms with Gasteiger partial charge in [0.15, 0.2) is 0 Å². The van der Waals surface area contributed by atoms with Crippen molar-refractivity contribution in [2.75, 3.05) is 6.26 Å². The smallest absolute Gasteiger partial charge is 0.209 e. The number of nitrogens with zero attached hydrogens (tertiary/aromatic N) is 3. The molecule has 2 aromatic carbocycles. The number of pyridine rings is 1. The summed E-state index contributed by atoms with van der Waals surface area (Å²) in [6.07, 6.45) is 6.30. The quantitative estimate of drug-likeness (QED) is 0.269. The van der Waals surface area contributed by atoms with Gasteiger partial charge in [-0.25, -0.2) is 17.5 Å². The number of aromatic nitrogens is 6. The fourth-order valence-electron chi connectivity index (χ4n) is 4.33. The molecule has 11 heteroatoms.